The summed E-state index contributed by atoms with van der Waals surface area (Å²) in [6, 6.07) is -0.303. The Morgan fingerprint density at radius 2 is 2.21 bits per heavy atom. The molecule has 1 atom stereocenters. The third-order valence-corrected chi connectivity index (χ3v) is 2.50. The first kappa shape index (κ1) is 11.0. The molecule has 0 saturated carbocycles. The highest BCUT2D eigenvalue weighted by molar-refractivity contribution is 5.81. The number of hydrogen-bond donors (Lipinski definition) is 1. The molecule has 0 bridgehead atoms. The topological polar surface area (TPSA) is 72.6 Å². The summed E-state index contributed by atoms with van der Waals surface area (Å²) in [6.07, 6.45) is 2.73. The molecule has 1 rings (SSSR count). The zero-order valence-electron chi connectivity index (χ0n) is 8.36. The molecule has 80 valence electrons. The van der Waals surface area contributed by atoms with Crippen LogP contribution in [0.3, 0.4) is 0 Å². The van der Waals surface area contributed by atoms with E-state index in [0.717, 1.165) is 25.8 Å². The number of methoxy groups -OCH3 is 1. The number of amides is 1. The molecule has 0 aromatic rings. The fourth-order valence-corrected chi connectivity index (χ4v) is 1.73. The zero-order valence-corrected chi connectivity index (χ0v) is 8.36. The number of ether oxygens (including phenoxy) is 1. The summed E-state index contributed by atoms with van der Waals surface area (Å²) in [5.41, 5.74) is 5.24. The van der Waals surface area contributed by atoms with E-state index in [1.807, 2.05) is 0 Å². The van der Waals surface area contributed by atoms with Crippen molar-refractivity contribution < 1.29 is 14.3 Å². The fraction of sp³-hybridized carbons (Fsp3) is 0.778. The van der Waals surface area contributed by atoms with E-state index >= 15 is 0 Å². The lowest BCUT2D eigenvalue weighted by molar-refractivity contribution is -0.143. The molecule has 14 heavy (non-hydrogen) atoms. The molecule has 0 aromatic carbocycles. The predicted molar refractivity (Wildman–Crippen MR) is 50.4 cm³/mol. The van der Waals surface area contributed by atoms with Gasteiger partial charge in [-0.25, -0.2) is 0 Å². The monoisotopic (exact) mass is 200 g/mol. The van der Waals surface area contributed by atoms with Gasteiger partial charge in [0.15, 0.2) is 0 Å². The summed E-state index contributed by atoms with van der Waals surface area (Å²) < 4.78 is 4.55. The van der Waals surface area contributed by atoms with Gasteiger partial charge in [-0.2, -0.15) is 0 Å². The van der Waals surface area contributed by atoms with Crippen LogP contribution in [0.1, 0.15) is 19.3 Å². The van der Waals surface area contributed by atoms with Crippen LogP contribution in [0.15, 0.2) is 0 Å². The van der Waals surface area contributed by atoms with Crippen molar-refractivity contribution in [2.24, 2.45) is 5.73 Å². The number of rotatable bonds is 3. The van der Waals surface area contributed by atoms with Crippen molar-refractivity contribution in [2.45, 2.75) is 25.3 Å². The van der Waals surface area contributed by atoms with Gasteiger partial charge in [0.25, 0.3) is 0 Å². The molecular weight excluding hydrogens is 184 g/mol. The molecule has 0 radical (unpaired) electrons. The lowest BCUT2D eigenvalue weighted by Gasteiger charge is -2.32. The first-order chi connectivity index (χ1) is 6.65. The summed E-state index contributed by atoms with van der Waals surface area (Å²) in [6.45, 7) is 0.896. The van der Waals surface area contributed by atoms with Gasteiger partial charge in [0.05, 0.1) is 19.7 Å². The number of primary amides is 1. The second kappa shape index (κ2) is 4.95. The van der Waals surface area contributed by atoms with Gasteiger partial charge in [-0.1, -0.05) is 6.42 Å². The average molecular weight is 200 g/mol. The van der Waals surface area contributed by atoms with E-state index < -0.39 is 0 Å². The van der Waals surface area contributed by atoms with Crippen LogP contribution in [0, 0.1) is 0 Å². The Morgan fingerprint density at radius 1 is 1.50 bits per heavy atom. The molecule has 0 spiro atoms. The maximum Gasteiger partial charge on any atom is 0.319 e. The highest BCUT2D eigenvalue weighted by atomic mass is 16.5. The van der Waals surface area contributed by atoms with Gasteiger partial charge in [-0.15, -0.1) is 0 Å². The van der Waals surface area contributed by atoms with Crippen LogP contribution < -0.4 is 5.73 Å². The van der Waals surface area contributed by atoms with Crippen LogP contribution in [-0.2, 0) is 14.3 Å². The number of piperidine rings is 1. The maximum absolute atomic E-state index is 11.1. The lowest BCUT2D eigenvalue weighted by atomic mass is 10.0. The SMILES string of the molecule is COC(=O)CN1CCCCC1C(N)=O. The Morgan fingerprint density at radius 3 is 2.79 bits per heavy atom. The molecule has 1 aliphatic heterocycles. The van der Waals surface area contributed by atoms with Gasteiger partial charge < -0.3 is 10.5 Å². The Kier molecular flexibility index (Phi) is 3.88. The molecule has 5 heteroatoms. The fourth-order valence-electron chi connectivity index (χ4n) is 1.73. The smallest absolute Gasteiger partial charge is 0.319 e. The molecule has 2 N–H and O–H groups in total. The number of hydrogen-bond acceptors (Lipinski definition) is 4. The van der Waals surface area contributed by atoms with E-state index in [9.17, 15) is 9.59 Å². The van der Waals surface area contributed by atoms with Crippen molar-refractivity contribution in [1.29, 1.82) is 0 Å². The summed E-state index contributed by atoms with van der Waals surface area (Å²) in [5, 5.41) is 0. The molecule has 0 aliphatic carbocycles. The summed E-state index contributed by atoms with van der Waals surface area (Å²) in [7, 11) is 1.34. The molecule has 0 aromatic heterocycles. The van der Waals surface area contributed by atoms with Crippen molar-refractivity contribution in [3.63, 3.8) is 0 Å². The summed E-state index contributed by atoms with van der Waals surface area (Å²) in [5.74, 6) is -0.674. The van der Waals surface area contributed by atoms with Crippen LogP contribution in [0.25, 0.3) is 0 Å². The van der Waals surface area contributed by atoms with E-state index in [1.165, 1.54) is 7.11 Å². The van der Waals surface area contributed by atoms with E-state index in [0.29, 0.717) is 0 Å². The van der Waals surface area contributed by atoms with Crippen LogP contribution >= 0.6 is 0 Å². The molecule has 5 nitrogen and oxygen atoms in total. The molecule has 1 aliphatic rings. The van der Waals surface area contributed by atoms with Crippen LogP contribution in [-0.4, -0.2) is 43.0 Å². The van der Waals surface area contributed by atoms with Gasteiger partial charge in [-0.05, 0) is 19.4 Å². The van der Waals surface area contributed by atoms with Gasteiger partial charge in [0.2, 0.25) is 5.91 Å². The van der Waals surface area contributed by atoms with E-state index in [2.05, 4.69) is 4.74 Å². The second-order valence-electron chi connectivity index (χ2n) is 3.46. The Hall–Kier alpha value is -1.10. The molecule has 1 fully saturated rings. The van der Waals surface area contributed by atoms with Crippen LogP contribution in [0.2, 0.25) is 0 Å². The lowest BCUT2D eigenvalue weighted by Crippen LogP contribution is -2.49. The van der Waals surface area contributed by atoms with Crippen LogP contribution in [0.5, 0.6) is 0 Å². The highest BCUT2D eigenvalue weighted by Gasteiger charge is 2.28. The minimum atomic E-state index is -0.353. The first-order valence-electron chi connectivity index (χ1n) is 4.75. The van der Waals surface area contributed by atoms with Crippen molar-refractivity contribution in [1.82, 2.24) is 4.90 Å². The van der Waals surface area contributed by atoms with Crippen LogP contribution in [0.4, 0.5) is 0 Å². The molecule has 1 amide bonds. The summed E-state index contributed by atoms with van der Waals surface area (Å²) >= 11 is 0. The second-order valence-corrected chi connectivity index (χ2v) is 3.46. The molecular formula is C9H16N2O3. The first-order valence-corrected chi connectivity index (χ1v) is 4.75. The highest BCUT2D eigenvalue weighted by Crippen LogP contribution is 2.16. The largest absolute Gasteiger partial charge is 0.468 e. The number of esters is 1. The molecule has 1 heterocycles. The minimum Gasteiger partial charge on any atom is -0.468 e. The Balaban J connectivity index is 2.54. The Labute approximate surface area is 83.2 Å². The van der Waals surface area contributed by atoms with Crippen molar-refractivity contribution in [2.75, 3.05) is 20.2 Å². The number of carbonyl (C=O) groups is 2. The zero-order chi connectivity index (χ0) is 10.6. The quantitative estimate of drug-likeness (QED) is 0.623. The number of carbonyl (C=O) groups excluding carboxylic acids is 2. The van der Waals surface area contributed by atoms with Gasteiger partial charge in [-0.3, -0.25) is 14.5 Å². The normalized spacial score (nSPS) is 23.1. The third kappa shape index (κ3) is 2.70. The van der Waals surface area contributed by atoms with E-state index in [4.69, 9.17) is 5.73 Å². The molecule has 1 saturated heterocycles. The standard InChI is InChI=1S/C9H16N2O3/c1-14-8(12)6-11-5-3-2-4-7(11)9(10)13/h7H,2-6H2,1H3,(H2,10,13). The minimum absolute atomic E-state index is 0.157. The average Bonchev–Trinajstić information content (AvgIpc) is 2.18. The third-order valence-electron chi connectivity index (χ3n) is 2.50. The van der Waals surface area contributed by atoms with Gasteiger partial charge >= 0.3 is 5.97 Å². The van der Waals surface area contributed by atoms with Gasteiger partial charge in [0, 0.05) is 0 Å². The number of nitrogens with two attached hydrogens (primary N) is 1. The van der Waals surface area contributed by atoms with Crippen molar-refractivity contribution in [3.05, 3.63) is 0 Å². The number of likely N-dealkylation sites (tertiary alicyclic amines) is 1. The van der Waals surface area contributed by atoms with Crippen molar-refractivity contribution >= 4 is 11.9 Å². The van der Waals surface area contributed by atoms with E-state index in [1.54, 1.807) is 4.90 Å². The van der Waals surface area contributed by atoms with Crippen molar-refractivity contribution in [3.8, 4) is 0 Å². The van der Waals surface area contributed by atoms with Gasteiger partial charge in [0.1, 0.15) is 0 Å². The summed E-state index contributed by atoms with van der Waals surface area (Å²) in [4.78, 5) is 23.9. The number of nitrogens with zero attached hydrogens (tertiary/aromatic N) is 1. The maximum atomic E-state index is 11.1. The molecule has 1 unspecified atom stereocenters. The Bertz CT molecular complexity index is 230. The van der Waals surface area contributed by atoms with E-state index in [-0.39, 0.29) is 24.5 Å². The predicted octanol–water partition coefficient (Wildman–Crippen LogP) is -0.501.